The van der Waals surface area contributed by atoms with Crippen LogP contribution >= 0.6 is 0 Å². The lowest BCUT2D eigenvalue weighted by atomic mass is 9.59. The normalized spacial score (nSPS) is 41.3. The molecule has 6 heteroatoms. The highest BCUT2D eigenvalue weighted by Gasteiger charge is 2.76. The molecule has 4 aliphatic carbocycles. The van der Waals surface area contributed by atoms with Gasteiger partial charge in [0.25, 0.3) is 0 Å². The van der Waals surface area contributed by atoms with E-state index in [1.165, 1.54) is 0 Å². The van der Waals surface area contributed by atoms with Crippen molar-refractivity contribution in [3.63, 3.8) is 0 Å². The Kier molecular flexibility index (Phi) is 4.74. The molecule has 6 rings (SSSR count). The fourth-order valence-electron chi connectivity index (χ4n) is 7.89. The molecule has 35 heavy (non-hydrogen) atoms. The Morgan fingerprint density at radius 3 is 2.69 bits per heavy atom. The summed E-state index contributed by atoms with van der Waals surface area (Å²) in [6.07, 6.45) is 3.57. The van der Waals surface area contributed by atoms with Crippen molar-refractivity contribution in [3.8, 4) is 5.88 Å². The van der Waals surface area contributed by atoms with E-state index in [1.54, 1.807) is 12.3 Å². The van der Waals surface area contributed by atoms with Crippen LogP contribution in [0.25, 0.3) is 10.8 Å². The third-order valence-corrected chi connectivity index (χ3v) is 9.76. The van der Waals surface area contributed by atoms with Gasteiger partial charge < -0.3 is 20.1 Å². The van der Waals surface area contributed by atoms with Crippen molar-refractivity contribution in [2.75, 3.05) is 6.61 Å². The summed E-state index contributed by atoms with van der Waals surface area (Å²) in [6.45, 7) is 7.79. The van der Waals surface area contributed by atoms with Crippen LogP contribution in [0.1, 0.15) is 34.1 Å². The molecule has 1 heterocycles. The van der Waals surface area contributed by atoms with Gasteiger partial charge in [0.1, 0.15) is 6.10 Å². The Bertz CT molecular complexity index is 1290. The molecule has 0 unspecified atom stereocenters. The van der Waals surface area contributed by atoms with E-state index in [4.69, 9.17) is 4.74 Å². The van der Waals surface area contributed by atoms with Gasteiger partial charge in [0, 0.05) is 17.5 Å². The number of pyridine rings is 1. The number of benzene rings is 1. The molecule has 2 bridgehead atoms. The Morgan fingerprint density at radius 1 is 1.20 bits per heavy atom. The number of aliphatic hydroxyl groups is 3. The summed E-state index contributed by atoms with van der Waals surface area (Å²) >= 11 is 0. The van der Waals surface area contributed by atoms with Crippen LogP contribution in [0.4, 0.5) is 0 Å². The monoisotopic (exact) mass is 475 g/mol. The van der Waals surface area contributed by atoms with Crippen molar-refractivity contribution in [3.05, 3.63) is 59.8 Å². The van der Waals surface area contributed by atoms with E-state index in [0.29, 0.717) is 17.4 Å². The molecule has 0 amide bonds. The van der Waals surface area contributed by atoms with Crippen LogP contribution in [0.15, 0.2) is 59.8 Å². The lowest BCUT2D eigenvalue weighted by molar-refractivity contribution is -0.186. The zero-order valence-electron chi connectivity index (χ0n) is 20.6. The molecule has 2 fully saturated rings. The average Bonchev–Trinajstić information content (AvgIpc) is 3.32. The fraction of sp³-hybridized carbons (Fsp3) is 0.517. The Labute approximate surface area is 205 Å². The van der Waals surface area contributed by atoms with Gasteiger partial charge in [-0.25, -0.2) is 4.98 Å². The number of carbonyl (C=O) groups excluding carboxylic acids is 1. The zero-order valence-corrected chi connectivity index (χ0v) is 20.6. The minimum absolute atomic E-state index is 0.000803. The van der Waals surface area contributed by atoms with Gasteiger partial charge in [-0.05, 0) is 65.2 Å². The van der Waals surface area contributed by atoms with Crippen LogP contribution in [-0.2, 0) is 4.79 Å². The van der Waals surface area contributed by atoms with E-state index in [1.807, 2.05) is 50.3 Å². The van der Waals surface area contributed by atoms with Crippen LogP contribution in [-0.4, -0.2) is 50.5 Å². The van der Waals surface area contributed by atoms with Crippen molar-refractivity contribution in [1.82, 2.24) is 4.98 Å². The van der Waals surface area contributed by atoms with Crippen LogP contribution in [0.3, 0.4) is 0 Å². The maximum atomic E-state index is 14.4. The number of rotatable bonds is 3. The first kappa shape index (κ1) is 22.9. The maximum absolute atomic E-state index is 14.4. The van der Waals surface area contributed by atoms with E-state index in [2.05, 4.69) is 18.8 Å². The lowest BCUT2D eigenvalue weighted by Crippen LogP contribution is -2.66. The first-order chi connectivity index (χ1) is 16.6. The van der Waals surface area contributed by atoms with Gasteiger partial charge in [-0.3, -0.25) is 4.79 Å². The highest BCUT2D eigenvalue weighted by molar-refractivity contribution is 5.95. The van der Waals surface area contributed by atoms with E-state index in [0.717, 1.165) is 17.2 Å². The number of hydrogen-bond acceptors (Lipinski definition) is 6. The number of ether oxygens (including phenoxy) is 1. The van der Waals surface area contributed by atoms with Crippen LogP contribution in [0, 0.1) is 34.5 Å². The molecule has 0 saturated heterocycles. The van der Waals surface area contributed by atoms with Gasteiger partial charge in [-0.15, -0.1) is 0 Å². The molecule has 1 aromatic carbocycles. The SMILES string of the molecule is CC1=C[C@]23C(=O)[C@@H](C=C(CO)[C@@H](O)[C@]2(O)[C@H]1Oc1nccc2ccccc12)[C@H]1[C@@H](C[C@H]3C)C1(C)C. The fourth-order valence-corrected chi connectivity index (χ4v) is 7.89. The van der Waals surface area contributed by atoms with Gasteiger partial charge in [-0.1, -0.05) is 51.1 Å². The van der Waals surface area contributed by atoms with Gasteiger partial charge in [0.2, 0.25) is 5.88 Å². The first-order valence-corrected chi connectivity index (χ1v) is 12.5. The van der Waals surface area contributed by atoms with Gasteiger partial charge >= 0.3 is 0 Å². The second kappa shape index (κ2) is 7.25. The number of allylic oxidation sites excluding steroid dienone is 1. The van der Waals surface area contributed by atoms with Crippen LogP contribution in [0.5, 0.6) is 5.88 Å². The molecule has 2 aromatic rings. The Morgan fingerprint density at radius 2 is 1.94 bits per heavy atom. The molecule has 1 aromatic heterocycles. The molecule has 4 aliphatic rings. The summed E-state index contributed by atoms with van der Waals surface area (Å²) in [6, 6.07) is 9.58. The highest BCUT2D eigenvalue weighted by Crippen LogP contribution is 2.71. The lowest BCUT2D eigenvalue weighted by Gasteiger charge is -2.49. The minimum Gasteiger partial charge on any atom is -0.466 e. The third kappa shape index (κ3) is 2.71. The number of ketones is 1. The summed E-state index contributed by atoms with van der Waals surface area (Å²) in [4.78, 5) is 18.9. The quantitative estimate of drug-likeness (QED) is 0.588. The Balaban J connectivity index is 1.53. The summed E-state index contributed by atoms with van der Waals surface area (Å²) < 4.78 is 6.44. The molecule has 8 atom stereocenters. The first-order valence-electron chi connectivity index (χ1n) is 12.5. The average molecular weight is 476 g/mol. The summed E-state index contributed by atoms with van der Waals surface area (Å²) in [5.74, 6) is 0.0425. The number of aliphatic hydroxyl groups excluding tert-OH is 2. The molecule has 2 saturated carbocycles. The standard InChI is InChI=1S/C29H33NO5/c1-15-13-28-16(2)11-21-22(27(21,3)4)20(24(28)33)12-18(14-31)23(32)29(28,34)25(15)35-26-19-8-6-5-7-17(19)9-10-30-26/h5-10,12-13,16,20-23,25,31-32,34H,11,14H2,1-4H3/t16-,20+,21-,22+,23-,25+,28+,29+/m1/s1. The molecule has 0 aliphatic heterocycles. The predicted molar refractivity (Wildman–Crippen MR) is 132 cm³/mol. The molecular formula is C29H33NO5. The van der Waals surface area contributed by atoms with Gasteiger partial charge in [0.15, 0.2) is 17.5 Å². The largest absolute Gasteiger partial charge is 0.466 e. The predicted octanol–water partition coefficient (Wildman–Crippen LogP) is 3.45. The molecule has 184 valence electrons. The van der Waals surface area contributed by atoms with Crippen molar-refractivity contribution < 1.29 is 24.9 Å². The van der Waals surface area contributed by atoms with E-state index in [-0.39, 0.29) is 28.6 Å². The van der Waals surface area contributed by atoms with E-state index < -0.39 is 35.7 Å². The van der Waals surface area contributed by atoms with Crippen molar-refractivity contribution in [2.24, 2.45) is 34.5 Å². The van der Waals surface area contributed by atoms with Gasteiger partial charge in [-0.2, -0.15) is 0 Å². The molecular weight excluding hydrogens is 442 g/mol. The summed E-state index contributed by atoms with van der Waals surface area (Å²) in [5.41, 5.74) is -2.33. The molecule has 1 spiro atoms. The topological polar surface area (TPSA) is 99.9 Å². The van der Waals surface area contributed by atoms with Crippen LogP contribution in [0.2, 0.25) is 0 Å². The van der Waals surface area contributed by atoms with Crippen molar-refractivity contribution in [1.29, 1.82) is 0 Å². The van der Waals surface area contributed by atoms with E-state index >= 15 is 0 Å². The number of aromatic nitrogens is 1. The highest BCUT2D eigenvalue weighted by atomic mass is 16.5. The number of hydrogen-bond donors (Lipinski definition) is 3. The number of fused-ring (bicyclic) bond motifs is 4. The van der Waals surface area contributed by atoms with Crippen molar-refractivity contribution in [2.45, 2.75) is 51.9 Å². The smallest absolute Gasteiger partial charge is 0.222 e. The van der Waals surface area contributed by atoms with Crippen LogP contribution < -0.4 is 4.74 Å². The summed E-state index contributed by atoms with van der Waals surface area (Å²) in [7, 11) is 0. The third-order valence-electron chi connectivity index (χ3n) is 9.76. The molecule has 0 radical (unpaired) electrons. The van der Waals surface area contributed by atoms with Gasteiger partial charge in [0.05, 0.1) is 12.0 Å². The number of carbonyl (C=O) groups is 1. The second-order valence-corrected chi connectivity index (χ2v) is 11.7. The van der Waals surface area contributed by atoms with Crippen molar-refractivity contribution >= 4 is 16.6 Å². The number of Topliss-reactive ketones (excluding diaryl/α,β-unsaturated/α-hetero) is 1. The van der Waals surface area contributed by atoms with E-state index in [9.17, 15) is 20.1 Å². The Hall–Kier alpha value is -2.54. The number of nitrogens with zero attached hydrogens (tertiary/aromatic N) is 1. The zero-order chi connectivity index (χ0) is 24.9. The molecule has 3 N–H and O–H groups in total. The summed E-state index contributed by atoms with van der Waals surface area (Å²) in [5, 5.41) is 36.3. The second-order valence-electron chi connectivity index (χ2n) is 11.7. The molecule has 6 nitrogen and oxygen atoms in total. The minimum atomic E-state index is -1.98. The maximum Gasteiger partial charge on any atom is 0.222 e.